The van der Waals surface area contributed by atoms with Crippen LogP contribution in [0.4, 0.5) is 0 Å². The van der Waals surface area contributed by atoms with Gasteiger partial charge in [0, 0.05) is 6.42 Å². The number of hydrogen-bond acceptors (Lipinski definition) is 3. The Morgan fingerprint density at radius 3 is 2.45 bits per heavy atom. The highest BCUT2D eigenvalue weighted by atomic mass is 16.6. The van der Waals surface area contributed by atoms with E-state index in [1.807, 2.05) is 6.92 Å². The van der Waals surface area contributed by atoms with Gasteiger partial charge in [0.2, 0.25) is 0 Å². The third-order valence-corrected chi connectivity index (χ3v) is 1.11. The number of carbonyl (C=O) groups excluding carboxylic acids is 1. The molecule has 0 aromatic heterocycles. The van der Waals surface area contributed by atoms with Gasteiger partial charge < -0.3 is 4.74 Å². The second-order valence-corrected chi connectivity index (χ2v) is 3.18. The van der Waals surface area contributed by atoms with E-state index >= 15 is 0 Å². The predicted octanol–water partition coefficient (Wildman–Crippen LogP) is 1.41. The van der Waals surface area contributed by atoms with Crippen LogP contribution >= 0.6 is 0 Å². The third kappa shape index (κ3) is 7.33. The molecule has 0 rings (SSSR count). The summed E-state index contributed by atoms with van der Waals surface area (Å²) in [6.07, 6.45) is 2.34. The van der Waals surface area contributed by atoms with Gasteiger partial charge in [0.15, 0.2) is 5.72 Å². The first-order chi connectivity index (χ1) is 4.95. The molecule has 3 nitrogen and oxygen atoms in total. The van der Waals surface area contributed by atoms with Crippen LogP contribution in [0.15, 0.2) is 0 Å². The van der Waals surface area contributed by atoms with Crippen molar-refractivity contribution in [3.63, 3.8) is 0 Å². The van der Waals surface area contributed by atoms with E-state index in [-0.39, 0.29) is 5.97 Å². The highest BCUT2D eigenvalue weighted by molar-refractivity contribution is 5.69. The van der Waals surface area contributed by atoms with Crippen LogP contribution in [0.5, 0.6) is 0 Å². The molecule has 0 aliphatic rings. The van der Waals surface area contributed by atoms with E-state index in [4.69, 9.17) is 10.5 Å². The number of carbonyl (C=O) groups is 1. The molecule has 3 heteroatoms. The molecule has 2 N–H and O–H groups in total. The van der Waals surface area contributed by atoms with Gasteiger partial charge in [-0.25, -0.2) is 0 Å². The lowest BCUT2D eigenvalue weighted by Gasteiger charge is -2.18. The zero-order chi connectivity index (χ0) is 8.91. The topological polar surface area (TPSA) is 52.3 Å². The van der Waals surface area contributed by atoms with Crippen LogP contribution in [-0.4, -0.2) is 11.7 Å². The van der Waals surface area contributed by atoms with E-state index in [0.717, 1.165) is 12.8 Å². The van der Waals surface area contributed by atoms with Gasteiger partial charge in [0.25, 0.3) is 0 Å². The van der Waals surface area contributed by atoms with Crippen LogP contribution in [0, 0.1) is 0 Å². The van der Waals surface area contributed by atoms with Gasteiger partial charge in [-0.3, -0.25) is 10.5 Å². The zero-order valence-corrected chi connectivity index (χ0v) is 7.52. The van der Waals surface area contributed by atoms with E-state index in [1.165, 1.54) is 0 Å². The van der Waals surface area contributed by atoms with Crippen molar-refractivity contribution in [1.29, 1.82) is 0 Å². The number of unbranched alkanes of at least 4 members (excludes halogenated alkanes) is 1. The molecule has 0 bridgehead atoms. The highest BCUT2D eigenvalue weighted by Crippen LogP contribution is 2.04. The Morgan fingerprint density at radius 1 is 1.55 bits per heavy atom. The Kier molecular flexibility index (Phi) is 4.11. The van der Waals surface area contributed by atoms with Crippen LogP contribution in [0.3, 0.4) is 0 Å². The summed E-state index contributed by atoms with van der Waals surface area (Å²) >= 11 is 0. The summed E-state index contributed by atoms with van der Waals surface area (Å²) < 4.78 is 4.88. The molecule has 0 heterocycles. The fourth-order valence-corrected chi connectivity index (χ4v) is 0.666. The fourth-order valence-electron chi connectivity index (χ4n) is 0.666. The standard InChI is InChI=1S/C8H17NO2/c1-4-5-6-7(10)11-8(2,3)9/h4-6,9H2,1-3H3. The van der Waals surface area contributed by atoms with Gasteiger partial charge in [-0.05, 0) is 20.3 Å². The van der Waals surface area contributed by atoms with Gasteiger partial charge in [0.05, 0.1) is 0 Å². The van der Waals surface area contributed by atoms with E-state index in [2.05, 4.69) is 0 Å². The Bertz CT molecular complexity index is 127. The van der Waals surface area contributed by atoms with Crippen molar-refractivity contribution >= 4 is 5.97 Å². The van der Waals surface area contributed by atoms with E-state index in [0.29, 0.717) is 6.42 Å². The Balaban J connectivity index is 3.53. The van der Waals surface area contributed by atoms with Crippen LogP contribution in [-0.2, 0) is 9.53 Å². The maximum Gasteiger partial charge on any atom is 0.307 e. The van der Waals surface area contributed by atoms with Crippen molar-refractivity contribution in [3.05, 3.63) is 0 Å². The van der Waals surface area contributed by atoms with Crippen molar-refractivity contribution < 1.29 is 9.53 Å². The minimum Gasteiger partial charge on any atom is -0.445 e. The Hall–Kier alpha value is -0.570. The minimum absolute atomic E-state index is 0.209. The molecule has 66 valence electrons. The summed E-state index contributed by atoms with van der Waals surface area (Å²) in [5.74, 6) is -0.209. The Morgan fingerprint density at radius 2 is 2.09 bits per heavy atom. The lowest BCUT2D eigenvalue weighted by atomic mass is 10.2. The summed E-state index contributed by atoms with van der Waals surface area (Å²) in [6.45, 7) is 5.36. The molecule has 0 aromatic carbocycles. The highest BCUT2D eigenvalue weighted by Gasteiger charge is 2.15. The van der Waals surface area contributed by atoms with E-state index in [1.54, 1.807) is 13.8 Å². The summed E-state index contributed by atoms with van der Waals surface area (Å²) in [6, 6.07) is 0. The largest absolute Gasteiger partial charge is 0.445 e. The molecule has 0 fully saturated rings. The average Bonchev–Trinajstić information content (AvgIpc) is 1.79. The van der Waals surface area contributed by atoms with Crippen molar-refractivity contribution in [3.8, 4) is 0 Å². The second-order valence-electron chi connectivity index (χ2n) is 3.18. The molecule has 0 saturated carbocycles. The van der Waals surface area contributed by atoms with Gasteiger partial charge in [-0.15, -0.1) is 0 Å². The molecule has 0 saturated heterocycles. The smallest absolute Gasteiger partial charge is 0.307 e. The van der Waals surface area contributed by atoms with Crippen LogP contribution in [0.25, 0.3) is 0 Å². The maximum atomic E-state index is 10.9. The molecule has 0 amide bonds. The molecular weight excluding hydrogens is 142 g/mol. The number of rotatable bonds is 4. The number of hydrogen-bond donors (Lipinski definition) is 1. The Labute approximate surface area is 67.9 Å². The summed E-state index contributed by atoms with van der Waals surface area (Å²) in [4.78, 5) is 10.9. The lowest BCUT2D eigenvalue weighted by molar-refractivity contribution is -0.155. The number of ether oxygens (including phenoxy) is 1. The SMILES string of the molecule is CCCCC(=O)OC(C)(C)N. The first kappa shape index (κ1) is 10.4. The molecule has 0 radical (unpaired) electrons. The van der Waals surface area contributed by atoms with Crippen molar-refractivity contribution in [2.75, 3.05) is 0 Å². The van der Waals surface area contributed by atoms with Gasteiger partial charge in [-0.2, -0.15) is 0 Å². The summed E-state index contributed by atoms with van der Waals surface area (Å²) in [5, 5.41) is 0. The quantitative estimate of drug-likeness (QED) is 0.498. The summed E-state index contributed by atoms with van der Waals surface area (Å²) in [5.41, 5.74) is 4.64. The molecule has 0 aromatic rings. The van der Waals surface area contributed by atoms with Crippen LogP contribution in [0.2, 0.25) is 0 Å². The van der Waals surface area contributed by atoms with E-state index in [9.17, 15) is 4.79 Å². The number of nitrogens with two attached hydrogens (primary N) is 1. The predicted molar refractivity (Wildman–Crippen MR) is 43.9 cm³/mol. The molecule has 0 aliphatic carbocycles. The molecule has 11 heavy (non-hydrogen) atoms. The number of esters is 1. The zero-order valence-electron chi connectivity index (χ0n) is 7.52. The first-order valence-electron chi connectivity index (χ1n) is 3.96. The third-order valence-electron chi connectivity index (χ3n) is 1.11. The minimum atomic E-state index is -0.829. The van der Waals surface area contributed by atoms with Crippen molar-refractivity contribution in [1.82, 2.24) is 0 Å². The lowest BCUT2D eigenvalue weighted by Crippen LogP contribution is -2.37. The molecule has 0 aliphatic heterocycles. The van der Waals surface area contributed by atoms with Gasteiger partial charge in [0.1, 0.15) is 0 Å². The average molecular weight is 159 g/mol. The van der Waals surface area contributed by atoms with Gasteiger partial charge in [-0.1, -0.05) is 13.3 Å². The van der Waals surface area contributed by atoms with Crippen molar-refractivity contribution in [2.24, 2.45) is 5.73 Å². The maximum absolute atomic E-state index is 10.9. The molecule has 0 unspecified atom stereocenters. The fraction of sp³-hybridized carbons (Fsp3) is 0.875. The molecular formula is C8H17NO2. The van der Waals surface area contributed by atoms with Crippen LogP contribution < -0.4 is 5.73 Å². The normalized spacial score (nSPS) is 11.3. The monoisotopic (exact) mass is 159 g/mol. The summed E-state index contributed by atoms with van der Waals surface area (Å²) in [7, 11) is 0. The van der Waals surface area contributed by atoms with Gasteiger partial charge >= 0.3 is 5.97 Å². The van der Waals surface area contributed by atoms with Crippen molar-refractivity contribution in [2.45, 2.75) is 45.8 Å². The van der Waals surface area contributed by atoms with E-state index < -0.39 is 5.72 Å². The molecule has 0 spiro atoms. The molecule has 0 atom stereocenters. The first-order valence-corrected chi connectivity index (χ1v) is 3.96. The van der Waals surface area contributed by atoms with Crippen LogP contribution in [0.1, 0.15) is 40.0 Å². The second kappa shape index (κ2) is 4.34.